The highest BCUT2D eigenvalue weighted by atomic mass is 32.2. The topological polar surface area (TPSA) is 87.7 Å². The first-order chi connectivity index (χ1) is 12.8. The third-order valence-corrected chi connectivity index (χ3v) is 5.64. The average Bonchev–Trinajstić information content (AvgIpc) is 2.63. The lowest BCUT2D eigenvalue weighted by atomic mass is 10.2. The Bertz CT molecular complexity index is 897. The number of hydrogen-bond acceptors (Lipinski definition) is 5. The Labute approximate surface area is 160 Å². The molecular formula is C19H25N3O4S. The molecule has 2 rings (SSSR count). The van der Waals surface area contributed by atoms with Gasteiger partial charge in [-0.2, -0.15) is 0 Å². The van der Waals surface area contributed by atoms with Crippen molar-refractivity contribution < 1.29 is 17.9 Å². The summed E-state index contributed by atoms with van der Waals surface area (Å²) < 4.78 is 31.1. The molecule has 0 spiro atoms. The Balaban J connectivity index is 2.11. The number of sulfonamides is 1. The van der Waals surface area contributed by atoms with E-state index >= 15 is 0 Å². The van der Waals surface area contributed by atoms with Crippen LogP contribution in [0.1, 0.15) is 13.8 Å². The molecule has 0 aliphatic carbocycles. The first-order valence-electron chi connectivity index (χ1n) is 8.57. The highest BCUT2D eigenvalue weighted by Gasteiger charge is 2.19. The van der Waals surface area contributed by atoms with Crippen molar-refractivity contribution in [3.05, 3.63) is 48.5 Å². The predicted molar refractivity (Wildman–Crippen MR) is 107 cm³/mol. The van der Waals surface area contributed by atoms with Crippen molar-refractivity contribution >= 4 is 27.3 Å². The van der Waals surface area contributed by atoms with E-state index in [-0.39, 0.29) is 10.8 Å². The second kappa shape index (κ2) is 8.88. The molecule has 2 N–H and O–H groups in total. The lowest BCUT2D eigenvalue weighted by Gasteiger charge is -2.18. The monoisotopic (exact) mass is 391 g/mol. The number of hydrogen-bond donors (Lipinski definition) is 2. The Morgan fingerprint density at radius 3 is 2.52 bits per heavy atom. The first-order valence-corrected chi connectivity index (χ1v) is 10.0. The van der Waals surface area contributed by atoms with E-state index in [1.807, 2.05) is 31.2 Å². The summed E-state index contributed by atoms with van der Waals surface area (Å²) in [6.07, 6.45) is 0. The fourth-order valence-electron chi connectivity index (χ4n) is 2.36. The van der Waals surface area contributed by atoms with E-state index in [0.717, 1.165) is 4.31 Å². The lowest BCUT2D eigenvalue weighted by molar-refractivity contribution is -0.116. The fourth-order valence-corrected chi connectivity index (χ4v) is 3.31. The number of rotatable bonds is 8. The van der Waals surface area contributed by atoms with E-state index in [0.29, 0.717) is 23.7 Å². The van der Waals surface area contributed by atoms with Crippen molar-refractivity contribution in [2.75, 3.05) is 31.3 Å². The summed E-state index contributed by atoms with van der Waals surface area (Å²) >= 11 is 0. The molecule has 0 aliphatic rings. The van der Waals surface area contributed by atoms with Gasteiger partial charge in [-0.1, -0.05) is 18.2 Å². The Kier molecular flexibility index (Phi) is 6.81. The minimum Gasteiger partial charge on any atom is -0.492 e. The van der Waals surface area contributed by atoms with Gasteiger partial charge in [0.25, 0.3) is 0 Å². The van der Waals surface area contributed by atoms with Gasteiger partial charge in [-0.15, -0.1) is 0 Å². The van der Waals surface area contributed by atoms with Crippen LogP contribution in [0.25, 0.3) is 0 Å². The van der Waals surface area contributed by atoms with E-state index in [1.54, 1.807) is 19.1 Å². The number of benzene rings is 2. The zero-order valence-electron chi connectivity index (χ0n) is 15.9. The molecule has 0 unspecified atom stereocenters. The van der Waals surface area contributed by atoms with Crippen LogP contribution in [-0.4, -0.2) is 45.4 Å². The molecule has 2 aromatic rings. The van der Waals surface area contributed by atoms with Gasteiger partial charge in [0.2, 0.25) is 15.9 Å². The van der Waals surface area contributed by atoms with Gasteiger partial charge in [-0.25, -0.2) is 12.7 Å². The van der Waals surface area contributed by atoms with E-state index in [4.69, 9.17) is 4.74 Å². The number of ether oxygens (including phenoxy) is 1. The second-order valence-electron chi connectivity index (χ2n) is 6.10. The molecule has 0 radical (unpaired) electrons. The summed E-state index contributed by atoms with van der Waals surface area (Å²) in [5, 5.41) is 5.85. The number of amides is 1. The third-order valence-electron chi connectivity index (χ3n) is 3.83. The molecule has 2 aromatic carbocycles. The number of para-hydroxylation sites is 2. The number of nitrogens with one attached hydrogen (secondary N) is 2. The van der Waals surface area contributed by atoms with Crippen molar-refractivity contribution in [1.82, 2.24) is 4.31 Å². The van der Waals surface area contributed by atoms with E-state index in [9.17, 15) is 13.2 Å². The maximum Gasteiger partial charge on any atom is 0.246 e. The molecule has 7 nitrogen and oxygen atoms in total. The molecule has 0 saturated carbocycles. The number of nitrogens with zero attached hydrogens (tertiary/aromatic N) is 1. The van der Waals surface area contributed by atoms with Crippen molar-refractivity contribution in [3.8, 4) is 5.75 Å². The predicted octanol–water partition coefficient (Wildman–Crippen LogP) is 2.77. The van der Waals surface area contributed by atoms with Crippen LogP contribution in [0, 0.1) is 0 Å². The highest BCUT2D eigenvalue weighted by Crippen LogP contribution is 2.25. The SMILES string of the molecule is CCOc1ccccc1N[C@@H](C)C(=O)Nc1cccc(S(=O)(=O)N(C)C)c1. The van der Waals surface area contributed by atoms with Gasteiger partial charge in [-0.3, -0.25) is 4.79 Å². The minimum atomic E-state index is -3.57. The second-order valence-corrected chi connectivity index (χ2v) is 8.25. The normalized spacial score (nSPS) is 12.5. The van der Waals surface area contributed by atoms with Crippen LogP contribution >= 0.6 is 0 Å². The van der Waals surface area contributed by atoms with Crippen LogP contribution in [0.3, 0.4) is 0 Å². The standard InChI is InChI=1S/C19H25N3O4S/c1-5-26-18-12-7-6-11-17(18)20-14(2)19(23)21-15-9-8-10-16(13-15)27(24,25)22(3)4/h6-14,20H,5H2,1-4H3,(H,21,23)/t14-/m0/s1. The van der Waals surface area contributed by atoms with Gasteiger partial charge in [0.05, 0.1) is 17.2 Å². The summed E-state index contributed by atoms with van der Waals surface area (Å²) in [7, 11) is -0.645. The smallest absolute Gasteiger partial charge is 0.246 e. The highest BCUT2D eigenvalue weighted by molar-refractivity contribution is 7.89. The fraction of sp³-hybridized carbons (Fsp3) is 0.316. The largest absolute Gasteiger partial charge is 0.492 e. The lowest BCUT2D eigenvalue weighted by Crippen LogP contribution is -2.32. The van der Waals surface area contributed by atoms with Crippen LogP contribution in [0.5, 0.6) is 5.75 Å². The maximum absolute atomic E-state index is 12.5. The Hall–Kier alpha value is -2.58. The first kappa shape index (κ1) is 20.7. The van der Waals surface area contributed by atoms with Crippen LogP contribution in [0.2, 0.25) is 0 Å². The summed E-state index contributed by atoms with van der Waals surface area (Å²) in [5.74, 6) is 0.374. The molecule has 0 aliphatic heterocycles. The molecular weight excluding hydrogens is 366 g/mol. The van der Waals surface area contributed by atoms with Gasteiger partial charge < -0.3 is 15.4 Å². The van der Waals surface area contributed by atoms with Crippen LogP contribution in [0.15, 0.2) is 53.4 Å². The quantitative estimate of drug-likeness (QED) is 0.722. The molecule has 0 fully saturated rings. The molecule has 146 valence electrons. The zero-order chi connectivity index (χ0) is 20.0. The van der Waals surface area contributed by atoms with Crippen LogP contribution in [-0.2, 0) is 14.8 Å². The molecule has 1 amide bonds. The summed E-state index contributed by atoms with van der Waals surface area (Å²) in [6, 6.07) is 13.0. The maximum atomic E-state index is 12.5. The van der Waals surface area contributed by atoms with Gasteiger partial charge in [0.1, 0.15) is 11.8 Å². The van der Waals surface area contributed by atoms with Crippen LogP contribution < -0.4 is 15.4 Å². The van der Waals surface area contributed by atoms with E-state index in [2.05, 4.69) is 10.6 Å². The summed E-state index contributed by atoms with van der Waals surface area (Å²) in [4.78, 5) is 12.6. The van der Waals surface area contributed by atoms with Gasteiger partial charge in [0, 0.05) is 19.8 Å². The molecule has 1 atom stereocenters. The summed E-state index contributed by atoms with van der Waals surface area (Å²) in [6.45, 7) is 4.13. The number of anilines is 2. The van der Waals surface area contributed by atoms with Crippen molar-refractivity contribution in [2.24, 2.45) is 0 Å². The van der Waals surface area contributed by atoms with E-state index < -0.39 is 16.1 Å². The Morgan fingerprint density at radius 2 is 1.85 bits per heavy atom. The van der Waals surface area contributed by atoms with Gasteiger partial charge >= 0.3 is 0 Å². The third kappa shape index (κ3) is 5.21. The van der Waals surface area contributed by atoms with Gasteiger partial charge in [-0.05, 0) is 44.2 Å². The van der Waals surface area contributed by atoms with Crippen LogP contribution in [0.4, 0.5) is 11.4 Å². The average molecular weight is 391 g/mol. The zero-order valence-corrected chi connectivity index (χ0v) is 16.7. The number of carbonyl (C=O) groups is 1. The van der Waals surface area contributed by atoms with Crippen molar-refractivity contribution in [1.29, 1.82) is 0 Å². The molecule has 0 saturated heterocycles. The Morgan fingerprint density at radius 1 is 1.15 bits per heavy atom. The van der Waals surface area contributed by atoms with Crippen molar-refractivity contribution in [2.45, 2.75) is 24.8 Å². The molecule has 8 heteroatoms. The minimum absolute atomic E-state index is 0.118. The molecule has 0 heterocycles. The molecule has 27 heavy (non-hydrogen) atoms. The summed E-state index contributed by atoms with van der Waals surface area (Å²) in [5.41, 5.74) is 1.13. The van der Waals surface area contributed by atoms with Gasteiger partial charge in [0.15, 0.2) is 0 Å². The van der Waals surface area contributed by atoms with Crippen molar-refractivity contribution in [3.63, 3.8) is 0 Å². The molecule has 0 aromatic heterocycles. The number of carbonyl (C=O) groups excluding carboxylic acids is 1. The van der Waals surface area contributed by atoms with E-state index in [1.165, 1.54) is 26.2 Å². The molecule has 0 bridgehead atoms.